The van der Waals surface area contributed by atoms with Crippen molar-refractivity contribution >= 4 is 27.9 Å². The van der Waals surface area contributed by atoms with E-state index in [2.05, 4.69) is 11.4 Å². The monoisotopic (exact) mass is 285 g/mol. The van der Waals surface area contributed by atoms with Crippen molar-refractivity contribution in [3.63, 3.8) is 0 Å². The zero-order valence-corrected chi connectivity index (χ0v) is 12.4. The molecular weight excluding hydrogens is 270 g/mol. The minimum atomic E-state index is -0.252. The Balaban J connectivity index is 2.33. The Morgan fingerprint density at radius 3 is 2.60 bits per heavy atom. The molecule has 2 aromatic rings. The van der Waals surface area contributed by atoms with Gasteiger partial charge in [0.2, 0.25) is 0 Å². The fourth-order valence-corrected chi connectivity index (χ4v) is 2.97. The van der Waals surface area contributed by atoms with Crippen molar-refractivity contribution in [2.75, 3.05) is 11.1 Å². The van der Waals surface area contributed by atoms with Crippen LogP contribution in [0.15, 0.2) is 18.2 Å². The number of benzene rings is 1. The fraction of sp³-hybridized carbons (Fsp3) is 0.200. The predicted molar refractivity (Wildman–Crippen MR) is 82.1 cm³/mol. The van der Waals surface area contributed by atoms with Crippen LogP contribution in [0.2, 0.25) is 0 Å². The molecule has 0 aliphatic carbocycles. The summed E-state index contributed by atoms with van der Waals surface area (Å²) in [7, 11) is 0. The van der Waals surface area contributed by atoms with E-state index in [1.54, 1.807) is 18.2 Å². The van der Waals surface area contributed by atoms with Gasteiger partial charge in [-0.15, -0.1) is 11.3 Å². The maximum absolute atomic E-state index is 12.2. The minimum absolute atomic E-state index is 0.252. The van der Waals surface area contributed by atoms with Gasteiger partial charge in [0.05, 0.1) is 5.56 Å². The van der Waals surface area contributed by atoms with E-state index in [1.807, 2.05) is 20.8 Å². The van der Waals surface area contributed by atoms with Crippen molar-refractivity contribution < 1.29 is 4.79 Å². The van der Waals surface area contributed by atoms with Gasteiger partial charge in [0.15, 0.2) is 0 Å². The second-order valence-electron chi connectivity index (χ2n) is 4.69. The van der Waals surface area contributed by atoms with Gasteiger partial charge in [0.25, 0.3) is 5.91 Å². The number of nitrogens with zero attached hydrogens (tertiary/aromatic N) is 1. The first kappa shape index (κ1) is 14.1. The lowest BCUT2D eigenvalue weighted by Gasteiger charge is -2.06. The Morgan fingerprint density at radius 2 is 2.00 bits per heavy atom. The van der Waals surface area contributed by atoms with Gasteiger partial charge in [-0.05, 0) is 50.1 Å². The Morgan fingerprint density at radius 1 is 1.30 bits per heavy atom. The summed E-state index contributed by atoms with van der Waals surface area (Å²) in [6, 6.07) is 7.33. The molecule has 1 amide bonds. The number of thiophene rings is 1. The van der Waals surface area contributed by atoms with Crippen molar-refractivity contribution in [1.82, 2.24) is 0 Å². The number of nitriles is 1. The third kappa shape index (κ3) is 2.65. The lowest BCUT2D eigenvalue weighted by atomic mass is 10.1. The van der Waals surface area contributed by atoms with Crippen LogP contribution in [0.25, 0.3) is 0 Å². The number of nitrogens with two attached hydrogens (primary N) is 1. The number of hydrogen-bond acceptors (Lipinski definition) is 4. The molecular formula is C15H15N3OS. The standard InChI is InChI=1S/C15H15N3OS/c1-8-4-11(6-12(17)5-8)14(19)18-15-13(7-16)9(2)10(3)20-15/h4-6H,17H2,1-3H3,(H,18,19). The van der Waals surface area contributed by atoms with E-state index in [4.69, 9.17) is 11.0 Å². The van der Waals surface area contributed by atoms with Crippen LogP contribution >= 0.6 is 11.3 Å². The Kier molecular flexibility index (Phi) is 3.77. The highest BCUT2D eigenvalue weighted by atomic mass is 32.1. The van der Waals surface area contributed by atoms with Gasteiger partial charge in [0, 0.05) is 16.1 Å². The summed E-state index contributed by atoms with van der Waals surface area (Å²) in [5.41, 5.74) is 9.16. The second kappa shape index (κ2) is 5.35. The molecule has 0 atom stereocenters. The normalized spacial score (nSPS) is 10.1. The molecule has 0 fully saturated rings. The molecule has 1 heterocycles. The molecule has 0 unspecified atom stereocenters. The molecule has 0 aliphatic heterocycles. The molecule has 0 saturated carbocycles. The smallest absolute Gasteiger partial charge is 0.256 e. The molecule has 20 heavy (non-hydrogen) atoms. The van der Waals surface area contributed by atoms with Crippen molar-refractivity contribution in [1.29, 1.82) is 5.26 Å². The van der Waals surface area contributed by atoms with E-state index < -0.39 is 0 Å². The van der Waals surface area contributed by atoms with Crippen molar-refractivity contribution in [2.45, 2.75) is 20.8 Å². The average Bonchev–Trinajstić information content (AvgIpc) is 2.63. The Hall–Kier alpha value is -2.32. The first-order valence-electron chi connectivity index (χ1n) is 6.11. The lowest BCUT2D eigenvalue weighted by molar-refractivity contribution is 0.102. The van der Waals surface area contributed by atoms with Crippen molar-refractivity contribution in [3.8, 4) is 6.07 Å². The molecule has 4 nitrogen and oxygen atoms in total. The van der Waals surface area contributed by atoms with Gasteiger partial charge < -0.3 is 11.1 Å². The zero-order chi connectivity index (χ0) is 14.9. The van der Waals surface area contributed by atoms with Crippen LogP contribution in [0.1, 0.15) is 31.9 Å². The number of amides is 1. The van der Waals surface area contributed by atoms with Crippen LogP contribution in [-0.4, -0.2) is 5.91 Å². The summed E-state index contributed by atoms with van der Waals surface area (Å²) in [4.78, 5) is 13.3. The zero-order valence-electron chi connectivity index (χ0n) is 11.6. The molecule has 1 aromatic carbocycles. The molecule has 102 valence electrons. The number of carbonyl (C=O) groups is 1. The number of carbonyl (C=O) groups excluding carboxylic acids is 1. The van der Waals surface area contributed by atoms with Crippen LogP contribution in [0.4, 0.5) is 10.7 Å². The topological polar surface area (TPSA) is 78.9 Å². The van der Waals surface area contributed by atoms with Crippen molar-refractivity contribution in [2.24, 2.45) is 0 Å². The summed E-state index contributed by atoms with van der Waals surface area (Å²) in [5.74, 6) is -0.252. The lowest BCUT2D eigenvalue weighted by Crippen LogP contribution is -2.12. The van der Waals surface area contributed by atoms with Gasteiger partial charge in [-0.25, -0.2) is 0 Å². The SMILES string of the molecule is Cc1cc(N)cc(C(=O)Nc2sc(C)c(C)c2C#N)c1. The van der Waals surface area contributed by atoms with Gasteiger partial charge in [-0.2, -0.15) is 5.26 Å². The van der Waals surface area contributed by atoms with Crippen LogP contribution in [0, 0.1) is 32.1 Å². The van der Waals surface area contributed by atoms with E-state index >= 15 is 0 Å². The van der Waals surface area contributed by atoms with E-state index in [-0.39, 0.29) is 5.91 Å². The van der Waals surface area contributed by atoms with Crippen LogP contribution < -0.4 is 11.1 Å². The average molecular weight is 285 g/mol. The van der Waals surface area contributed by atoms with Crippen molar-refractivity contribution in [3.05, 3.63) is 45.3 Å². The van der Waals surface area contributed by atoms with E-state index in [0.717, 1.165) is 16.0 Å². The van der Waals surface area contributed by atoms with Gasteiger partial charge >= 0.3 is 0 Å². The maximum atomic E-state index is 12.2. The quantitative estimate of drug-likeness (QED) is 0.830. The number of nitrogens with one attached hydrogen (secondary N) is 1. The summed E-state index contributed by atoms with van der Waals surface area (Å²) in [6.07, 6.45) is 0. The van der Waals surface area contributed by atoms with Crippen LogP contribution in [-0.2, 0) is 0 Å². The highest BCUT2D eigenvalue weighted by molar-refractivity contribution is 7.16. The first-order valence-corrected chi connectivity index (χ1v) is 6.92. The number of hydrogen-bond donors (Lipinski definition) is 2. The summed E-state index contributed by atoms with van der Waals surface area (Å²) in [5, 5.41) is 12.6. The summed E-state index contributed by atoms with van der Waals surface area (Å²) >= 11 is 1.41. The third-order valence-electron chi connectivity index (χ3n) is 3.09. The second-order valence-corrected chi connectivity index (χ2v) is 5.91. The molecule has 3 N–H and O–H groups in total. The number of rotatable bonds is 2. The number of anilines is 2. The number of nitrogen functional groups attached to an aromatic ring is 1. The first-order chi connectivity index (χ1) is 9.42. The minimum Gasteiger partial charge on any atom is -0.399 e. The van der Waals surface area contributed by atoms with E-state index in [9.17, 15) is 4.79 Å². The Bertz CT molecular complexity index is 705. The largest absolute Gasteiger partial charge is 0.399 e. The third-order valence-corrected chi connectivity index (χ3v) is 4.21. The van der Waals surface area contributed by atoms with Gasteiger partial charge in [-0.3, -0.25) is 4.79 Å². The van der Waals surface area contributed by atoms with Crippen LogP contribution in [0.5, 0.6) is 0 Å². The summed E-state index contributed by atoms with van der Waals surface area (Å²) in [6.45, 7) is 5.69. The molecule has 5 heteroatoms. The molecule has 0 aliphatic rings. The predicted octanol–water partition coefficient (Wildman–Crippen LogP) is 3.38. The molecule has 0 radical (unpaired) electrons. The summed E-state index contributed by atoms with van der Waals surface area (Å²) < 4.78 is 0. The van der Waals surface area contributed by atoms with E-state index in [0.29, 0.717) is 21.8 Å². The Labute approximate surface area is 121 Å². The fourth-order valence-electron chi connectivity index (χ4n) is 1.97. The van der Waals surface area contributed by atoms with Crippen LogP contribution in [0.3, 0.4) is 0 Å². The maximum Gasteiger partial charge on any atom is 0.256 e. The highest BCUT2D eigenvalue weighted by Crippen LogP contribution is 2.32. The molecule has 2 rings (SSSR count). The van der Waals surface area contributed by atoms with Gasteiger partial charge in [-0.1, -0.05) is 0 Å². The molecule has 0 bridgehead atoms. The molecule has 0 saturated heterocycles. The van der Waals surface area contributed by atoms with E-state index in [1.165, 1.54) is 11.3 Å². The molecule has 1 aromatic heterocycles. The highest BCUT2D eigenvalue weighted by Gasteiger charge is 2.15. The van der Waals surface area contributed by atoms with Gasteiger partial charge in [0.1, 0.15) is 11.1 Å². The molecule has 0 spiro atoms. The number of aryl methyl sites for hydroxylation is 2.